The molecule has 0 aliphatic rings. The predicted octanol–water partition coefficient (Wildman–Crippen LogP) is 2.72. The molecule has 0 aromatic heterocycles. The number of carbonyl (C=O) groups excluding carboxylic acids is 4. The monoisotopic (exact) mass is 290 g/mol. The van der Waals surface area contributed by atoms with Crippen LogP contribution in [0.3, 0.4) is 0 Å². The van der Waals surface area contributed by atoms with Gasteiger partial charge in [0, 0.05) is 23.2 Å². The molecule has 8 heteroatoms. The van der Waals surface area contributed by atoms with E-state index in [4.69, 9.17) is 23.2 Å². The van der Waals surface area contributed by atoms with Gasteiger partial charge in [-0.05, 0) is 12.1 Å². The minimum absolute atomic E-state index is 0.283. The van der Waals surface area contributed by atoms with Gasteiger partial charge in [-0.15, -0.1) is 0 Å². The maximum absolute atomic E-state index is 11.4. The molecule has 1 rings (SSSR count). The van der Waals surface area contributed by atoms with Crippen molar-refractivity contribution >= 4 is 46.0 Å². The van der Waals surface area contributed by atoms with E-state index in [1.165, 1.54) is 24.3 Å². The average molecular weight is 291 g/mol. The molecule has 0 saturated carbocycles. The third-order valence-electron chi connectivity index (χ3n) is 1.71. The van der Waals surface area contributed by atoms with E-state index in [1.54, 1.807) is 0 Å². The van der Waals surface area contributed by atoms with Gasteiger partial charge in [0.05, 0.1) is 11.1 Å². The Morgan fingerprint density at radius 2 is 1.11 bits per heavy atom. The quantitative estimate of drug-likeness (QED) is 0.473. The summed E-state index contributed by atoms with van der Waals surface area (Å²) >= 11 is 9.73. The van der Waals surface area contributed by atoms with Crippen LogP contribution in [0.25, 0.3) is 0 Å². The summed E-state index contributed by atoms with van der Waals surface area (Å²) in [6.07, 6.45) is 0. The van der Waals surface area contributed by atoms with E-state index in [0.29, 0.717) is 0 Å². The molecule has 0 unspecified atom stereocenters. The summed E-state index contributed by atoms with van der Waals surface area (Å²) in [5.41, 5.74) is -3.27. The zero-order valence-electron chi connectivity index (χ0n) is 8.51. The Hall–Kier alpha value is -1.92. The fourth-order valence-corrected chi connectivity index (χ4v) is 1.23. The number of rotatable bonds is 2. The molecule has 0 saturated heterocycles. The molecule has 6 nitrogen and oxygen atoms in total. The van der Waals surface area contributed by atoms with Gasteiger partial charge >= 0.3 is 22.8 Å². The Bertz CT molecular complexity index is 478. The molecule has 0 fully saturated rings. The number of halogens is 2. The Morgan fingerprint density at radius 3 is 1.39 bits per heavy atom. The smallest absolute Gasteiger partial charge is 0.377 e. The van der Waals surface area contributed by atoms with Gasteiger partial charge < -0.3 is 9.47 Å². The van der Waals surface area contributed by atoms with Crippen molar-refractivity contribution in [2.45, 2.75) is 0 Å². The summed E-state index contributed by atoms with van der Waals surface area (Å²) in [7, 11) is 0. The highest BCUT2D eigenvalue weighted by atomic mass is 35.5. The minimum atomic E-state index is -1.35. The zero-order valence-corrected chi connectivity index (χ0v) is 10.0. The molecule has 0 aliphatic carbocycles. The highest BCUT2D eigenvalue weighted by Crippen LogP contribution is 2.13. The Labute approximate surface area is 110 Å². The molecule has 0 aliphatic heterocycles. The van der Waals surface area contributed by atoms with Crippen LogP contribution in [0.4, 0.5) is 9.59 Å². The van der Waals surface area contributed by atoms with E-state index < -0.39 is 22.8 Å². The molecule has 0 N–H and O–H groups in total. The van der Waals surface area contributed by atoms with Crippen molar-refractivity contribution in [3.05, 3.63) is 35.4 Å². The van der Waals surface area contributed by atoms with Crippen LogP contribution < -0.4 is 0 Å². The van der Waals surface area contributed by atoms with Crippen LogP contribution in [0.5, 0.6) is 0 Å². The first-order valence-corrected chi connectivity index (χ1v) is 5.09. The summed E-state index contributed by atoms with van der Waals surface area (Å²) < 4.78 is 8.19. The van der Waals surface area contributed by atoms with Gasteiger partial charge in [-0.3, -0.25) is 0 Å². The number of benzene rings is 1. The van der Waals surface area contributed by atoms with E-state index in [2.05, 4.69) is 9.47 Å². The lowest BCUT2D eigenvalue weighted by molar-refractivity contribution is 0.0615. The lowest BCUT2D eigenvalue weighted by atomic mass is 10.1. The predicted molar refractivity (Wildman–Crippen MR) is 59.8 cm³/mol. The van der Waals surface area contributed by atoms with Crippen molar-refractivity contribution in [1.29, 1.82) is 0 Å². The Balaban J connectivity index is 3.06. The first kappa shape index (κ1) is 14.1. The molecule has 0 spiro atoms. The highest BCUT2D eigenvalue weighted by molar-refractivity contribution is 6.62. The molecule has 0 atom stereocenters. The SMILES string of the molecule is O=C(Cl)OC(=O)c1ccccc1C(=O)OC(=O)Cl. The third-order valence-corrected chi connectivity index (χ3v) is 1.87. The molecule has 0 bridgehead atoms. The van der Waals surface area contributed by atoms with Crippen LogP contribution >= 0.6 is 23.2 Å². The molecule has 1 aromatic carbocycles. The van der Waals surface area contributed by atoms with E-state index in [9.17, 15) is 19.2 Å². The Morgan fingerprint density at radius 1 is 0.778 bits per heavy atom. The number of hydrogen-bond acceptors (Lipinski definition) is 6. The summed E-state index contributed by atoms with van der Waals surface area (Å²) in [4.78, 5) is 43.7. The lowest BCUT2D eigenvalue weighted by Gasteiger charge is -2.05. The highest BCUT2D eigenvalue weighted by Gasteiger charge is 2.21. The number of esters is 2. The number of hydrogen-bond donors (Lipinski definition) is 0. The van der Waals surface area contributed by atoms with Crippen LogP contribution in [0.15, 0.2) is 24.3 Å². The molecule has 94 valence electrons. The standard InChI is InChI=1S/C10H4Cl2O6/c11-9(15)17-7(13)5-3-1-2-4-6(5)8(14)18-10(12)16/h1-4H. The molecule has 0 amide bonds. The topological polar surface area (TPSA) is 86.7 Å². The van der Waals surface area contributed by atoms with Crippen LogP contribution in [-0.2, 0) is 9.47 Å². The van der Waals surface area contributed by atoms with Gasteiger partial charge in [0.25, 0.3) is 0 Å². The second kappa shape index (κ2) is 6.13. The summed E-state index contributed by atoms with van der Waals surface area (Å²) in [5.74, 6) is -2.30. The van der Waals surface area contributed by atoms with Crippen LogP contribution in [0.1, 0.15) is 20.7 Å². The van der Waals surface area contributed by atoms with Crippen molar-refractivity contribution in [3.63, 3.8) is 0 Å². The first-order chi connectivity index (χ1) is 8.41. The van der Waals surface area contributed by atoms with E-state index in [1.807, 2.05) is 0 Å². The lowest BCUT2D eigenvalue weighted by Crippen LogP contribution is -2.15. The molecular weight excluding hydrogens is 287 g/mol. The van der Waals surface area contributed by atoms with Crippen molar-refractivity contribution in [2.75, 3.05) is 0 Å². The summed E-state index contributed by atoms with van der Waals surface area (Å²) in [6, 6.07) is 5.21. The van der Waals surface area contributed by atoms with Crippen LogP contribution in [-0.4, -0.2) is 22.8 Å². The van der Waals surface area contributed by atoms with Crippen LogP contribution in [0, 0.1) is 0 Å². The van der Waals surface area contributed by atoms with Gasteiger partial charge in [-0.25, -0.2) is 19.2 Å². The van der Waals surface area contributed by atoms with Gasteiger partial charge in [-0.1, -0.05) is 12.1 Å². The maximum atomic E-state index is 11.4. The normalized spacial score (nSPS) is 9.44. The summed E-state index contributed by atoms with van der Waals surface area (Å²) in [5, 5.41) is 0. The number of ether oxygens (including phenoxy) is 2. The second-order valence-corrected chi connectivity index (χ2v) is 3.42. The van der Waals surface area contributed by atoms with Crippen molar-refractivity contribution in [2.24, 2.45) is 0 Å². The van der Waals surface area contributed by atoms with Crippen molar-refractivity contribution in [3.8, 4) is 0 Å². The zero-order chi connectivity index (χ0) is 13.7. The van der Waals surface area contributed by atoms with Crippen molar-refractivity contribution in [1.82, 2.24) is 0 Å². The molecule has 0 radical (unpaired) electrons. The minimum Gasteiger partial charge on any atom is -0.377 e. The number of carbonyl (C=O) groups is 4. The van der Waals surface area contributed by atoms with Gasteiger partial charge in [-0.2, -0.15) is 0 Å². The maximum Gasteiger partial charge on any atom is 0.411 e. The third kappa shape index (κ3) is 3.83. The second-order valence-electron chi connectivity index (χ2n) is 2.80. The van der Waals surface area contributed by atoms with Gasteiger partial charge in [0.1, 0.15) is 0 Å². The summed E-state index contributed by atoms with van der Waals surface area (Å²) in [6.45, 7) is 0. The van der Waals surface area contributed by atoms with Crippen LogP contribution in [0.2, 0.25) is 0 Å². The molecular formula is C10H4Cl2O6. The van der Waals surface area contributed by atoms with Crippen molar-refractivity contribution < 1.29 is 28.7 Å². The van der Waals surface area contributed by atoms with E-state index in [-0.39, 0.29) is 11.1 Å². The van der Waals surface area contributed by atoms with Gasteiger partial charge in [0.15, 0.2) is 0 Å². The Kier molecular flexibility index (Phi) is 4.82. The molecule has 1 aromatic rings. The van der Waals surface area contributed by atoms with E-state index >= 15 is 0 Å². The largest absolute Gasteiger partial charge is 0.411 e. The fourth-order valence-electron chi connectivity index (χ4n) is 1.09. The fraction of sp³-hybridized carbons (Fsp3) is 0. The average Bonchev–Trinajstić information content (AvgIpc) is 2.27. The van der Waals surface area contributed by atoms with Gasteiger partial charge in [0.2, 0.25) is 0 Å². The molecule has 18 heavy (non-hydrogen) atoms. The van der Waals surface area contributed by atoms with E-state index in [0.717, 1.165) is 0 Å². The first-order valence-electron chi connectivity index (χ1n) is 4.34. The molecule has 0 heterocycles.